The van der Waals surface area contributed by atoms with Crippen LogP contribution in [0.1, 0.15) is 252 Å². The number of hydrogen-bond donors (Lipinski definition) is 3. The molecule has 5 N–H and O–H groups in total. The zero-order chi connectivity index (χ0) is 46.6. The third kappa shape index (κ3) is 50.8. The van der Waals surface area contributed by atoms with Gasteiger partial charge in [0, 0.05) is 27.1 Å². The van der Waals surface area contributed by atoms with Gasteiger partial charge in [-0.25, -0.2) is 0 Å². The summed E-state index contributed by atoms with van der Waals surface area (Å²) in [5.74, 6) is -1.49. The molecule has 10 nitrogen and oxygen atoms in total. The molecule has 0 aliphatic carbocycles. The lowest BCUT2D eigenvalue weighted by Crippen LogP contribution is -2.50. The predicted octanol–water partition coefficient (Wildman–Crippen LogP) is 12.4. The Balaban J connectivity index is -0.000000926. The van der Waals surface area contributed by atoms with E-state index in [2.05, 4.69) is 37.9 Å². The van der Waals surface area contributed by atoms with Gasteiger partial charge in [-0.3, -0.25) is 14.9 Å². The van der Waals surface area contributed by atoms with E-state index in [9.17, 15) is 19.2 Å². The highest BCUT2D eigenvalue weighted by atomic mass is 16.5. The molecule has 0 aromatic carbocycles. The van der Waals surface area contributed by atoms with Crippen LogP contribution in [0.15, 0.2) is 0 Å². The van der Waals surface area contributed by atoms with Crippen LogP contribution in [-0.4, -0.2) is 87.9 Å². The summed E-state index contributed by atoms with van der Waals surface area (Å²) >= 11 is 0. The summed E-state index contributed by atoms with van der Waals surface area (Å²) in [6, 6.07) is -1.11. The molecular weight excluding hydrogens is 777 g/mol. The van der Waals surface area contributed by atoms with Gasteiger partial charge < -0.3 is 35.4 Å². The third-order valence-electron chi connectivity index (χ3n) is 11.9. The van der Waals surface area contributed by atoms with Crippen molar-refractivity contribution in [3.05, 3.63) is 0 Å². The molecule has 1 unspecified atom stereocenters. The topological polar surface area (TPSA) is 154 Å². The fourth-order valence-electron chi connectivity index (χ4n) is 7.74. The molecule has 0 fully saturated rings. The Bertz CT molecular complexity index is 870. The average molecular weight is 883 g/mol. The number of nitrogens with one attached hydrogen (secondary N) is 1. The summed E-state index contributed by atoms with van der Waals surface area (Å²) in [5.41, 5.74) is 10.4. The Kier molecular flexibility index (Phi) is 57.4. The molecule has 0 aromatic rings. The van der Waals surface area contributed by atoms with Gasteiger partial charge in [0.15, 0.2) is 6.04 Å². The van der Waals surface area contributed by atoms with Crippen LogP contribution >= 0.6 is 0 Å². The van der Waals surface area contributed by atoms with E-state index < -0.39 is 17.9 Å². The molecule has 0 radical (unpaired) electrons. The summed E-state index contributed by atoms with van der Waals surface area (Å²) in [7, 11) is 3.71. The van der Waals surface area contributed by atoms with Crippen LogP contribution in [0.5, 0.6) is 0 Å². The number of methoxy groups -OCH3 is 2. The standard InChI is InChI=1S/C22H42N4O4.C18H38O.C12H26O/c23-21(29)20(22(24)30)25-14-13-17-26(15-9-5-1-3-7-11-18-27)16-10-6-2-4-8-12-19-28;1-4-6-8-10-12-14-16-18(19-3)17-15-13-11-9-7-5-2;1-4-6-7-8-9-10-11-12(5-2)13-3/h18-20,25H,1-17H2,(H2,23,29)(H2,24,30);18H,4-17H2,1-3H3;12H,4-11H2,1-3H3. The van der Waals surface area contributed by atoms with Crippen LogP contribution in [0.25, 0.3) is 0 Å². The summed E-state index contributed by atoms with van der Waals surface area (Å²) in [4.78, 5) is 45.6. The highest BCUT2D eigenvalue weighted by molar-refractivity contribution is 6.02. The molecule has 0 aliphatic rings. The number of nitrogens with two attached hydrogens (primary N) is 2. The van der Waals surface area contributed by atoms with Crippen molar-refractivity contribution < 1.29 is 28.7 Å². The van der Waals surface area contributed by atoms with Gasteiger partial charge in [-0.2, -0.15) is 0 Å². The van der Waals surface area contributed by atoms with Gasteiger partial charge in [-0.15, -0.1) is 0 Å². The number of unbranched alkanes of at least 4 members (excludes halogenated alkanes) is 25. The number of rotatable bonds is 47. The van der Waals surface area contributed by atoms with Crippen LogP contribution in [-0.2, 0) is 28.7 Å². The van der Waals surface area contributed by atoms with E-state index in [1.165, 1.54) is 135 Å². The van der Waals surface area contributed by atoms with Crippen LogP contribution in [0.3, 0.4) is 0 Å². The second-order valence-electron chi connectivity index (χ2n) is 17.6. The maximum atomic E-state index is 11.2. The van der Waals surface area contributed by atoms with E-state index in [1.807, 2.05) is 14.2 Å². The summed E-state index contributed by atoms with van der Waals surface area (Å²) in [5, 5.41) is 2.83. The minimum atomic E-state index is -1.11. The van der Waals surface area contributed by atoms with Crippen LogP contribution in [0.4, 0.5) is 0 Å². The Morgan fingerprint density at radius 2 is 0.790 bits per heavy atom. The molecule has 0 saturated carbocycles. The van der Waals surface area contributed by atoms with Crippen molar-refractivity contribution in [3.63, 3.8) is 0 Å². The normalized spacial score (nSPS) is 11.6. The number of carbonyl (C=O) groups is 4. The fourth-order valence-corrected chi connectivity index (χ4v) is 7.74. The Morgan fingerprint density at radius 1 is 0.468 bits per heavy atom. The quantitative estimate of drug-likeness (QED) is 0.0310. The number of nitrogens with zero attached hydrogens (tertiary/aromatic N) is 1. The molecule has 62 heavy (non-hydrogen) atoms. The molecule has 0 saturated heterocycles. The van der Waals surface area contributed by atoms with Crippen molar-refractivity contribution in [2.45, 2.75) is 271 Å². The van der Waals surface area contributed by atoms with Crippen molar-refractivity contribution in [2.75, 3.05) is 40.4 Å². The van der Waals surface area contributed by atoms with Gasteiger partial charge in [0.25, 0.3) is 0 Å². The second-order valence-corrected chi connectivity index (χ2v) is 17.6. The first-order valence-electron chi connectivity index (χ1n) is 26.2. The number of ether oxygens (including phenoxy) is 2. The second kappa shape index (κ2) is 55.3. The highest BCUT2D eigenvalue weighted by Crippen LogP contribution is 2.16. The third-order valence-corrected chi connectivity index (χ3v) is 11.9. The van der Waals surface area contributed by atoms with Crippen molar-refractivity contribution in [1.29, 1.82) is 0 Å². The lowest BCUT2D eigenvalue weighted by atomic mass is 10.0. The highest BCUT2D eigenvalue weighted by Gasteiger charge is 2.20. The molecule has 0 spiro atoms. The lowest BCUT2D eigenvalue weighted by Gasteiger charge is -2.23. The molecule has 2 amide bonds. The van der Waals surface area contributed by atoms with E-state index in [0.717, 1.165) is 109 Å². The Labute approximate surface area is 384 Å². The number of aldehydes is 2. The Hall–Kier alpha value is -1.88. The van der Waals surface area contributed by atoms with Gasteiger partial charge in [0.05, 0.1) is 12.2 Å². The minimum absolute atomic E-state index is 0.504. The van der Waals surface area contributed by atoms with E-state index in [1.54, 1.807) is 0 Å². The van der Waals surface area contributed by atoms with E-state index in [-0.39, 0.29) is 0 Å². The monoisotopic (exact) mass is 883 g/mol. The smallest absolute Gasteiger partial charge is 0.244 e. The van der Waals surface area contributed by atoms with Crippen molar-refractivity contribution in [3.8, 4) is 0 Å². The SMILES string of the molecule is CCCCCCCCC(CC)OC.CCCCCCCCC(CCCCCCCC)OC.NC(=O)C(NCCCN(CCCCCCCC=O)CCCCCCCC=O)C(N)=O. The number of primary amides is 2. The van der Waals surface area contributed by atoms with Gasteiger partial charge >= 0.3 is 0 Å². The van der Waals surface area contributed by atoms with Crippen molar-refractivity contribution >= 4 is 24.4 Å². The summed E-state index contributed by atoms with van der Waals surface area (Å²) in [6.45, 7) is 12.5. The molecule has 0 heterocycles. The maximum Gasteiger partial charge on any atom is 0.244 e. The van der Waals surface area contributed by atoms with Crippen molar-refractivity contribution in [2.24, 2.45) is 11.5 Å². The molecule has 0 aromatic heterocycles. The molecule has 0 aliphatic heterocycles. The molecule has 0 bridgehead atoms. The molecule has 370 valence electrons. The number of amides is 2. The van der Waals surface area contributed by atoms with Crippen molar-refractivity contribution in [1.82, 2.24) is 10.2 Å². The van der Waals surface area contributed by atoms with Gasteiger partial charge in [0.2, 0.25) is 11.8 Å². The van der Waals surface area contributed by atoms with Gasteiger partial charge in [-0.05, 0) is 84.0 Å². The van der Waals surface area contributed by atoms with Gasteiger partial charge in [-0.1, -0.05) is 182 Å². The fraction of sp³-hybridized carbons (Fsp3) is 0.923. The Morgan fingerprint density at radius 3 is 1.13 bits per heavy atom. The van der Waals surface area contributed by atoms with Crippen LogP contribution in [0.2, 0.25) is 0 Å². The predicted molar refractivity (Wildman–Crippen MR) is 265 cm³/mol. The number of hydrogen-bond acceptors (Lipinski definition) is 8. The largest absolute Gasteiger partial charge is 0.381 e. The summed E-state index contributed by atoms with van der Waals surface area (Å²) in [6.07, 6.45) is 46.1. The van der Waals surface area contributed by atoms with Gasteiger partial charge in [0.1, 0.15) is 12.6 Å². The molecular formula is C52H106N4O6. The lowest BCUT2D eigenvalue weighted by molar-refractivity contribution is -0.129. The first kappa shape index (κ1) is 64.4. The van der Waals surface area contributed by atoms with Crippen LogP contribution in [0, 0.1) is 0 Å². The maximum absolute atomic E-state index is 11.2. The van der Waals surface area contributed by atoms with E-state index >= 15 is 0 Å². The zero-order valence-corrected chi connectivity index (χ0v) is 42.0. The molecule has 1 atom stereocenters. The average Bonchev–Trinajstić information content (AvgIpc) is 3.27. The summed E-state index contributed by atoms with van der Waals surface area (Å²) < 4.78 is 10.9. The van der Waals surface area contributed by atoms with E-state index in [0.29, 0.717) is 31.6 Å². The first-order valence-corrected chi connectivity index (χ1v) is 26.2. The molecule has 10 heteroatoms. The van der Waals surface area contributed by atoms with E-state index in [4.69, 9.17) is 20.9 Å². The number of carbonyl (C=O) groups excluding carboxylic acids is 4. The molecule has 0 rings (SSSR count). The first-order chi connectivity index (χ1) is 30.2. The van der Waals surface area contributed by atoms with Crippen LogP contribution < -0.4 is 16.8 Å². The minimum Gasteiger partial charge on any atom is -0.381 e. The zero-order valence-electron chi connectivity index (χ0n) is 42.0.